The van der Waals surface area contributed by atoms with Crippen molar-refractivity contribution in [2.45, 2.75) is 24.7 Å². The van der Waals surface area contributed by atoms with Crippen LogP contribution in [0.5, 0.6) is 0 Å². The Morgan fingerprint density at radius 1 is 1.16 bits per heavy atom. The molecule has 154 valence electrons. The van der Waals surface area contributed by atoms with Gasteiger partial charge in [-0.3, -0.25) is 10.1 Å². The number of carbonyl (C=O) groups is 2. The third-order valence-corrected chi connectivity index (χ3v) is 6.65. The fraction of sp³-hybridized carbons (Fsp3) is 0.250. The summed E-state index contributed by atoms with van der Waals surface area (Å²) in [6.45, 7) is 1.90. The molecule has 1 heterocycles. The zero-order valence-electron chi connectivity index (χ0n) is 17.1. The molecular formula is C24H20N4O3. The van der Waals surface area contributed by atoms with Gasteiger partial charge in [-0.05, 0) is 35.6 Å². The van der Waals surface area contributed by atoms with Gasteiger partial charge in [0.25, 0.3) is 0 Å². The van der Waals surface area contributed by atoms with Gasteiger partial charge in [0.2, 0.25) is 11.9 Å². The molecule has 3 aliphatic carbocycles. The van der Waals surface area contributed by atoms with Crippen molar-refractivity contribution in [1.82, 2.24) is 9.97 Å². The monoisotopic (exact) mass is 412 g/mol. The first-order valence-electron chi connectivity index (χ1n) is 10.00. The normalized spacial score (nSPS) is 25.1. The van der Waals surface area contributed by atoms with Gasteiger partial charge in [-0.15, -0.1) is 0 Å². The van der Waals surface area contributed by atoms with Crippen LogP contribution in [-0.4, -0.2) is 29.0 Å². The number of fused-ring (bicyclic) bond motifs is 1. The van der Waals surface area contributed by atoms with Gasteiger partial charge >= 0.3 is 5.97 Å². The molecule has 3 aliphatic rings. The number of carbonyl (C=O) groups excluding carboxylic acids is 2. The van der Waals surface area contributed by atoms with Crippen LogP contribution in [0.2, 0.25) is 0 Å². The number of benzene rings is 2. The zero-order chi connectivity index (χ0) is 21.8. The number of aromatic nitrogens is 2. The molecule has 31 heavy (non-hydrogen) atoms. The summed E-state index contributed by atoms with van der Waals surface area (Å²) in [6, 6.07) is 18.3. The maximum Gasteiger partial charge on any atom is 0.358 e. The van der Waals surface area contributed by atoms with Crippen LogP contribution in [0.1, 0.15) is 52.0 Å². The van der Waals surface area contributed by atoms with Gasteiger partial charge in [-0.2, -0.15) is 5.26 Å². The highest BCUT2D eigenvalue weighted by Crippen LogP contribution is 2.63. The highest BCUT2D eigenvalue weighted by atomic mass is 16.5. The van der Waals surface area contributed by atoms with Crippen molar-refractivity contribution in [3.8, 4) is 6.07 Å². The van der Waals surface area contributed by atoms with Crippen LogP contribution in [0.15, 0.2) is 54.7 Å². The van der Waals surface area contributed by atoms with Gasteiger partial charge in [0.1, 0.15) is 5.41 Å². The number of nitriles is 1. The Labute approximate surface area is 179 Å². The Morgan fingerprint density at radius 3 is 2.35 bits per heavy atom. The lowest BCUT2D eigenvalue weighted by atomic mass is 9.47. The number of aromatic amines is 1. The summed E-state index contributed by atoms with van der Waals surface area (Å²) >= 11 is 0. The minimum absolute atomic E-state index is 0.0808. The Balaban J connectivity index is 1.61. The van der Waals surface area contributed by atoms with Crippen LogP contribution in [0.3, 0.4) is 0 Å². The molecule has 0 saturated heterocycles. The minimum atomic E-state index is -0.908. The van der Waals surface area contributed by atoms with E-state index in [-0.39, 0.29) is 23.5 Å². The number of ether oxygens (including phenoxy) is 1. The molecule has 7 nitrogen and oxygen atoms in total. The third-order valence-electron chi connectivity index (χ3n) is 6.65. The van der Waals surface area contributed by atoms with E-state index in [1.807, 2.05) is 55.5 Å². The van der Waals surface area contributed by atoms with Crippen LogP contribution in [0.4, 0.5) is 5.95 Å². The van der Waals surface area contributed by atoms with Gasteiger partial charge in [0.15, 0.2) is 5.69 Å². The Kier molecular flexibility index (Phi) is 4.02. The number of hydrogen-bond donors (Lipinski definition) is 2. The number of nitrogens with zero attached hydrogens (tertiary/aromatic N) is 2. The molecule has 0 saturated carbocycles. The second-order valence-electron chi connectivity index (χ2n) is 8.30. The molecule has 0 aliphatic heterocycles. The zero-order valence-corrected chi connectivity index (χ0v) is 17.1. The molecule has 0 spiro atoms. The van der Waals surface area contributed by atoms with Gasteiger partial charge < -0.3 is 9.72 Å². The molecule has 0 fully saturated rings. The van der Waals surface area contributed by atoms with Gasteiger partial charge in [0, 0.05) is 12.1 Å². The van der Waals surface area contributed by atoms with Crippen molar-refractivity contribution in [3.05, 3.63) is 82.7 Å². The lowest BCUT2D eigenvalue weighted by molar-refractivity contribution is -0.127. The van der Waals surface area contributed by atoms with Crippen LogP contribution in [0, 0.1) is 16.7 Å². The molecule has 2 aromatic carbocycles. The molecule has 1 unspecified atom stereocenters. The summed E-state index contributed by atoms with van der Waals surface area (Å²) < 4.78 is 4.67. The number of imidazole rings is 1. The largest absolute Gasteiger partial charge is 0.464 e. The number of anilines is 1. The Hall–Kier alpha value is -3.92. The highest BCUT2D eigenvalue weighted by molar-refractivity contribution is 5.97. The van der Waals surface area contributed by atoms with E-state index >= 15 is 0 Å². The summed E-state index contributed by atoms with van der Waals surface area (Å²) in [5.41, 5.74) is 2.22. The summed E-state index contributed by atoms with van der Waals surface area (Å²) in [7, 11) is 1.27. The first-order chi connectivity index (χ1) is 14.9. The van der Waals surface area contributed by atoms with E-state index in [9.17, 15) is 14.9 Å². The smallest absolute Gasteiger partial charge is 0.358 e. The molecule has 2 N–H and O–H groups in total. The lowest BCUT2D eigenvalue weighted by Gasteiger charge is -2.54. The highest BCUT2D eigenvalue weighted by Gasteiger charge is 2.61. The fourth-order valence-electron chi connectivity index (χ4n) is 5.33. The van der Waals surface area contributed by atoms with E-state index in [0.29, 0.717) is 6.42 Å². The number of amides is 1. The van der Waals surface area contributed by atoms with E-state index in [1.54, 1.807) is 0 Å². The average Bonchev–Trinajstić information content (AvgIpc) is 3.27. The number of H-pyrrole nitrogens is 1. The molecule has 3 aromatic rings. The van der Waals surface area contributed by atoms with E-state index < -0.39 is 16.8 Å². The van der Waals surface area contributed by atoms with Crippen LogP contribution < -0.4 is 5.32 Å². The molecule has 1 aromatic heterocycles. The summed E-state index contributed by atoms with van der Waals surface area (Å²) in [5.74, 6) is -0.885. The number of rotatable bonds is 3. The van der Waals surface area contributed by atoms with E-state index in [4.69, 9.17) is 0 Å². The quantitative estimate of drug-likeness (QED) is 0.640. The van der Waals surface area contributed by atoms with E-state index in [1.165, 1.54) is 13.3 Å². The number of hydrogen-bond acceptors (Lipinski definition) is 5. The maximum atomic E-state index is 13.6. The molecule has 6 rings (SSSR count). The van der Waals surface area contributed by atoms with Crippen molar-refractivity contribution in [2.75, 3.05) is 12.4 Å². The predicted octanol–water partition coefficient (Wildman–Crippen LogP) is 3.50. The second-order valence-corrected chi connectivity index (χ2v) is 8.30. The Morgan fingerprint density at radius 2 is 1.77 bits per heavy atom. The van der Waals surface area contributed by atoms with Crippen LogP contribution >= 0.6 is 0 Å². The minimum Gasteiger partial charge on any atom is -0.464 e. The van der Waals surface area contributed by atoms with Gasteiger partial charge in [-0.1, -0.05) is 48.5 Å². The van der Waals surface area contributed by atoms with Crippen molar-refractivity contribution in [2.24, 2.45) is 5.41 Å². The molecule has 0 radical (unpaired) electrons. The van der Waals surface area contributed by atoms with Gasteiger partial charge in [-0.25, -0.2) is 9.78 Å². The maximum absolute atomic E-state index is 13.6. The number of nitrogens with one attached hydrogen (secondary N) is 2. The first kappa shape index (κ1) is 19.1. The molecule has 1 amide bonds. The summed E-state index contributed by atoms with van der Waals surface area (Å²) in [5, 5.41) is 13.2. The van der Waals surface area contributed by atoms with Gasteiger partial charge in [0.05, 0.1) is 18.6 Å². The van der Waals surface area contributed by atoms with Crippen LogP contribution in [-0.2, 0) is 14.9 Å². The van der Waals surface area contributed by atoms with Crippen molar-refractivity contribution in [1.29, 1.82) is 5.26 Å². The van der Waals surface area contributed by atoms with Crippen molar-refractivity contribution < 1.29 is 14.3 Å². The third kappa shape index (κ3) is 2.48. The van der Waals surface area contributed by atoms with E-state index in [0.717, 1.165) is 22.3 Å². The molecule has 2 bridgehead atoms. The predicted molar refractivity (Wildman–Crippen MR) is 112 cm³/mol. The Bertz CT molecular complexity index is 1220. The molecular weight excluding hydrogens is 392 g/mol. The topological polar surface area (TPSA) is 108 Å². The first-order valence-corrected chi connectivity index (χ1v) is 10.00. The summed E-state index contributed by atoms with van der Waals surface area (Å²) in [4.78, 5) is 32.2. The molecule has 7 heteroatoms. The average molecular weight is 412 g/mol. The van der Waals surface area contributed by atoms with E-state index in [2.05, 4.69) is 26.1 Å². The number of esters is 1. The number of methoxy groups -OCH3 is 1. The van der Waals surface area contributed by atoms with Crippen molar-refractivity contribution >= 4 is 17.8 Å². The van der Waals surface area contributed by atoms with Crippen molar-refractivity contribution in [3.63, 3.8) is 0 Å². The van der Waals surface area contributed by atoms with Crippen LogP contribution in [0.25, 0.3) is 0 Å². The second kappa shape index (κ2) is 6.54. The SMILES string of the molecule is COC(=O)c1c[nH]c(NC(=O)C2(C)CC3(C#N)c4ccccc4C2c2ccccc23)n1. The summed E-state index contributed by atoms with van der Waals surface area (Å²) in [6.07, 6.45) is 1.74. The fourth-order valence-corrected chi connectivity index (χ4v) is 5.33. The lowest BCUT2D eigenvalue weighted by Crippen LogP contribution is -2.53. The standard InChI is InChI=1S/C24H20N4O3/c1-23(21(30)28-22-26-11-18(27-22)20(29)31-2)12-24(13-25)16-9-5-3-7-14(16)19(23)15-8-4-6-10-17(15)24/h3-11,19H,12H2,1-2H3,(H2,26,27,28,30). The molecule has 1 atom stereocenters.